The van der Waals surface area contributed by atoms with E-state index in [1.807, 2.05) is 66.7 Å². The maximum atomic E-state index is 12.3. The van der Waals surface area contributed by atoms with Crippen molar-refractivity contribution in [3.63, 3.8) is 0 Å². The molecule has 0 saturated carbocycles. The number of hydrogen-bond donors (Lipinski definition) is 2. The smallest absolute Gasteiger partial charge is 0.305 e. The monoisotopic (exact) mass is 422 g/mol. The third kappa shape index (κ3) is 6.71. The predicted molar refractivity (Wildman–Crippen MR) is 117 cm³/mol. The lowest BCUT2D eigenvalue weighted by molar-refractivity contribution is -0.137. The van der Waals surface area contributed by atoms with Gasteiger partial charge in [0.1, 0.15) is 0 Å². The summed E-state index contributed by atoms with van der Waals surface area (Å²) in [6.07, 6.45) is 2.78. The van der Waals surface area contributed by atoms with Crippen LogP contribution in [0, 0.1) is 0 Å². The molecule has 6 heteroatoms. The van der Waals surface area contributed by atoms with Crippen LogP contribution in [0.15, 0.2) is 72.9 Å². The van der Waals surface area contributed by atoms with Crippen LogP contribution in [0.5, 0.6) is 0 Å². The molecule has 0 unspecified atom stereocenters. The summed E-state index contributed by atoms with van der Waals surface area (Å²) < 4.78 is 0. The van der Waals surface area contributed by atoms with E-state index in [-0.39, 0.29) is 18.7 Å². The topological polar surface area (TPSA) is 79.3 Å². The first-order chi connectivity index (χ1) is 14.5. The quantitative estimate of drug-likeness (QED) is 0.530. The number of halogens is 1. The third-order valence-corrected chi connectivity index (χ3v) is 4.95. The molecule has 0 bridgehead atoms. The molecule has 154 valence electrons. The maximum absolute atomic E-state index is 12.3. The molecular weight excluding hydrogens is 400 g/mol. The third-order valence-electron chi connectivity index (χ3n) is 4.71. The van der Waals surface area contributed by atoms with E-state index in [1.54, 1.807) is 6.20 Å². The molecule has 3 rings (SSSR count). The standard InChI is InChI=1S/C24H23ClN2O3/c25-20-5-3-4-19(15-20)18-9-7-17(8-10-18)14-22(16-24(29)30)27-23(28)12-11-21-6-1-2-13-26-21/h1-10,13,15,22H,11-12,14,16H2,(H,27,28)(H,29,30)/t22-/m1/s1. The van der Waals surface area contributed by atoms with Gasteiger partial charge in [0.05, 0.1) is 6.42 Å². The molecule has 3 aromatic rings. The van der Waals surface area contributed by atoms with Gasteiger partial charge in [-0.3, -0.25) is 14.6 Å². The van der Waals surface area contributed by atoms with Crippen LogP contribution in [0.1, 0.15) is 24.1 Å². The molecule has 0 aliphatic heterocycles. The zero-order valence-electron chi connectivity index (χ0n) is 16.4. The fourth-order valence-electron chi connectivity index (χ4n) is 3.26. The van der Waals surface area contributed by atoms with E-state index in [0.29, 0.717) is 17.9 Å². The van der Waals surface area contributed by atoms with Gasteiger partial charge in [-0.15, -0.1) is 0 Å². The number of aromatic nitrogens is 1. The molecule has 2 aromatic carbocycles. The number of benzene rings is 2. The fourth-order valence-corrected chi connectivity index (χ4v) is 3.45. The number of carbonyl (C=O) groups excluding carboxylic acids is 1. The van der Waals surface area contributed by atoms with Crippen molar-refractivity contribution in [1.29, 1.82) is 0 Å². The number of aryl methyl sites for hydroxylation is 1. The number of carboxylic acids is 1. The summed E-state index contributed by atoms with van der Waals surface area (Å²) in [5, 5.41) is 12.8. The number of carboxylic acid groups (broad SMARTS) is 1. The summed E-state index contributed by atoms with van der Waals surface area (Å²) in [5.41, 5.74) is 3.82. The molecule has 30 heavy (non-hydrogen) atoms. The number of pyridine rings is 1. The molecule has 1 amide bonds. The van der Waals surface area contributed by atoms with Gasteiger partial charge in [-0.25, -0.2) is 0 Å². The first-order valence-corrected chi connectivity index (χ1v) is 10.1. The van der Waals surface area contributed by atoms with Crippen molar-refractivity contribution < 1.29 is 14.7 Å². The predicted octanol–water partition coefficient (Wildman–Crippen LogP) is 4.54. The summed E-state index contributed by atoms with van der Waals surface area (Å²) in [5.74, 6) is -1.12. The molecule has 5 nitrogen and oxygen atoms in total. The lowest BCUT2D eigenvalue weighted by Gasteiger charge is -2.17. The molecule has 1 atom stereocenters. The molecule has 2 N–H and O–H groups in total. The zero-order chi connectivity index (χ0) is 21.3. The van der Waals surface area contributed by atoms with E-state index in [0.717, 1.165) is 22.4 Å². The number of nitrogens with one attached hydrogen (secondary N) is 1. The Morgan fingerprint density at radius 2 is 1.80 bits per heavy atom. The minimum absolute atomic E-state index is 0.134. The van der Waals surface area contributed by atoms with E-state index in [4.69, 9.17) is 11.6 Å². The first kappa shape index (κ1) is 21.5. The molecule has 0 aliphatic carbocycles. The molecule has 0 spiro atoms. The largest absolute Gasteiger partial charge is 0.481 e. The van der Waals surface area contributed by atoms with Gasteiger partial charge in [0.2, 0.25) is 5.91 Å². The highest BCUT2D eigenvalue weighted by molar-refractivity contribution is 6.30. The van der Waals surface area contributed by atoms with Crippen LogP contribution < -0.4 is 5.32 Å². The minimum Gasteiger partial charge on any atom is -0.481 e. The lowest BCUT2D eigenvalue weighted by atomic mass is 9.99. The molecule has 1 heterocycles. The van der Waals surface area contributed by atoms with Gasteiger partial charge < -0.3 is 10.4 Å². The van der Waals surface area contributed by atoms with Gasteiger partial charge in [-0.05, 0) is 53.8 Å². The molecule has 0 aliphatic rings. The second-order valence-electron chi connectivity index (χ2n) is 7.09. The Bertz CT molecular complexity index is 991. The molecule has 0 saturated heterocycles. The SMILES string of the molecule is O=C(O)C[C@@H](Cc1ccc(-c2cccc(Cl)c2)cc1)NC(=O)CCc1ccccn1. The van der Waals surface area contributed by atoms with Gasteiger partial charge in [0.25, 0.3) is 0 Å². The van der Waals surface area contributed by atoms with E-state index in [2.05, 4.69) is 10.3 Å². The Balaban J connectivity index is 1.61. The number of carbonyl (C=O) groups is 2. The summed E-state index contributed by atoms with van der Waals surface area (Å²) in [7, 11) is 0. The highest BCUT2D eigenvalue weighted by atomic mass is 35.5. The Morgan fingerprint density at radius 1 is 1.00 bits per heavy atom. The number of hydrogen-bond acceptors (Lipinski definition) is 3. The Labute approximate surface area is 180 Å². The Hall–Kier alpha value is -3.18. The van der Waals surface area contributed by atoms with Crippen molar-refractivity contribution in [2.24, 2.45) is 0 Å². The van der Waals surface area contributed by atoms with Crippen LogP contribution in [0.25, 0.3) is 11.1 Å². The van der Waals surface area contributed by atoms with Gasteiger partial charge in [0, 0.05) is 29.4 Å². The highest BCUT2D eigenvalue weighted by Gasteiger charge is 2.17. The Kier molecular flexibility index (Phi) is 7.57. The van der Waals surface area contributed by atoms with Crippen molar-refractivity contribution in [1.82, 2.24) is 10.3 Å². The van der Waals surface area contributed by atoms with Gasteiger partial charge in [-0.1, -0.05) is 54.1 Å². The van der Waals surface area contributed by atoms with E-state index in [9.17, 15) is 14.7 Å². The van der Waals surface area contributed by atoms with Crippen LogP contribution in [-0.2, 0) is 22.4 Å². The highest BCUT2D eigenvalue weighted by Crippen LogP contribution is 2.23. The normalized spacial score (nSPS) is 11.6. The van der Waals surface area contributed by atoms with E-state index >= 15 is 0 Å². The summed E-state index contributed by atoms with van der Waals surface area (Å²) in [6.45, 7) is 0. The minimum atomic E-state index is -0.944. The van der Waals surface area contributed by atoms with Crippen molar-refractivity contribution in [2.45, 2.75) is 31.7 Å². The van der Waals surface area contributed by atoms with Crippen LogP contribution in [0.4, 0.5) is 0 Å². The molecule has 0 fully saturated rings. The summed E-state index contributed by atoms with van der Waals surface area (Å²) in [4.78, 5) is 27.8. The van der Waals surface area contributed by atoms with Crippen molar-refractivity contribution >= 4 is 23.5 Å². The average Bonchev–Trinajstić information content (AvgIpc) is 2.73. The number of aliphatic carboxylic acids is 1. The Morgan fingerprint density at radius 3 is 2.47 bits per heavy atom. The summed E-state index contributed by atoms with van der Waals surface area (Å²) in [6, 6.07) is 20.5. The van der Waals surface area contributed by atoms with Crippen LogP contribution in [-0.4, -0.2) is 28.0 Å². The molecule has 1 aromatic heterocycles. The van der Waals surface area contributed by atoms with E-state index in [1.165, 1.54) is 0 Å². The van der Waals surface area contributed by atoms with Crippen LogP contribution >= 0.6 is 11.6 Å². The second-order valence-corrected chi connectivity index (χ2v) is 7.53. The van der Waals surface area contributed by atoms with Gasteiger partial charge in [0.15, 0.2) is 0 Å². The van der Waals surface area contributed by atoms with Gasteiger partial charge >= 0.3 is 5.97 Å². The zero-order valence-corrected chi connectivity index (χ0v) is 17.2. The van der Waals surface area contributed by atoms with Crippen molar-refractivity contribution in [3.8, 4) is 11.1 Å². The molecular formula is C24H23ClN2O3. The number of amides is 1. The molecule has 0 radical (unpaired) electrons. The summed E-state index contributed by atoms with van der Waals surface area (Å²) >= 11 is 6.06. The van der Waals surface area contributed by atoms with E-state index < -0.39 is 12.0 Å². The van der Waals surface area contributed by atoms with Crippen LogP contribution in [0.3, 0.4) is 0 Å². The maximum Gasteiger partial charge on any atom is 0.305 e. The van der Waals surface area contributed by atoms with Crippen molar-refractivity contribution in [3.05, 3.63) is 89.2 Å². The van der Waals surface area contributed by atoms with Gasteiger partial charge in [-0.2, -0.15) is 0 Å². The lowest BCUT2D eigenvalue weighted by Crippen LogP contribution is -2.38. The second kappa shape index (κ2) is 10.6. The van der Waals surface area contributed by atoms with Crippen LogP contribution in [0.2, 0.25) is 5.02 Å². The number of rotatable bonds is 9. The number of nitrogens with zero attached hydrogens (tertiary/aromatic N) is 1. The first-order valence-electron chi connectivity index (χ1n) is 9.75. The van der Waals surface area contributed by atoms with Crippen molar-refractivity contribution in [2.75, 3.05) is 0 Å². The average molecular weight is 423 g/mol. The fraction of sp³-hybridized carbons (Fsp3) is 0.208.